The molecule has 0 aliphatic carbocycles. The molecule has 0 aliphatic rings. The fraction of sp³-hybridized carbons (Fsp3) is 1.00. The van der Waals surface area contributed by atoms with E-state index < -0.39 is 15.6 Å². The topological polar surface area (TPSA) is 120 Å². The van der Waals surface area contributed by atoms with Gasteiger partial charge in [-0.1, -0.05) is 24.1 Å². The molecule has 15 heavy (non-hydrogen) atoms. The highest BCUT2D eigenvalue weighted by molar-refractivity contribution is 8.75. The van der Waals surface area contributed by atoms with Gasteiger partial charge in [-0.05, 0) is 6.42 Å². The van der Waals surface area contributed by atoms with Crippen LogP contribution in [0.4, 0.5) is 0 Å². The highest BCUT2D eigenvalue weighted by atomic mass is 33.1. The molecule has 1 unspecified atom stereocenters. The van der Waals surface area contributed by atoms with Crippen molar-refractivity contribution in [1.29, 1.82) is 5.16 Å². The highest BCUT2D eigenvalue weighted by Crippen LogP contribution is 2.60. The van der Waals surface area contributed by atoms with Gasteiger partial charge in [0.25, 0.3) is 0 Å². The van der Waals surface area contributed by atoms with Gasteiger partial charge in [-0.25, -0.2) is 18.0 Å². The molecule has 0 aromatic carbocycles. The number of rotatable bonds is 8. The minimum atomic E-state index is -4.88. The van der Waals surface area contributed by atoms with Crippen molar-refractivity contribution in [2.45, 2.75) is 19.8 Å². The van der Waals surface area contributed by atoms with Crippen LogP contribution in [0.25, 0.3) is 0 Å². The number of unbranched alkanes of at least 4 members (excludes halogenated alkanes) is 1. The Morgan fingerprint density at radius 3 is 2.47 bits per heavy atom. The Morgan fingerprint density at radius 2 is 2.00 bits per heavy atom. The molecule has 0 spiro atoms. The predicted molar refractivity (Wildman–Crippen MR) is 61.0 cm³/mol. The molecule has 0 amide bonds. The molecule has 0 saturated heterocycles. The molecule has 0 aromatic heterocycles. The van der Waals surface area contributed by atoms with E-state index in [0.717, 1.165) is 18.6 Å². The molecule has 92 valence electrons. The largest absolute Gasteiger partial charge is 0.477 e. The molecular formula is C4H13NO6P2S2. The molecule has 0 saturated carbocycles. The van der Waals surface area contributed by atoms with E-state index >= 15 is 0 Å². The van der Waals surface area contributed by atoms with Crippen LogP contribution in [-0.4, -0.2) is 20.4 Å². The normalized spacial score (nSPS) is 16.3. The summed E-state index contributed by atoms with van der Waals surface area (Å²) in [4.78, 5) is 25.7. The van der Waals surface area contributed by atoms with E-state index in [-0.39, 0.29) is 0 Å². The van der Waals surface area contributed by atoms with Gasteiger partial charge < -0.3 is 14.7 Å². The second kappa shape index (κ2) is 7.32. The third-order valence-electron chi connectivity index (χ3n) is 0.978. The van der Waals surface area contributed by atoms with Crippen molar-refractivity contribution in [2.24, 2.45) is 0 Å². The molecule has 7 nitrogen and oxygen atoms in total. The van der Waals surface area contributed by atoms with Crippen LogP contribution in [0.1, 0.15) is 19.8 Å². The molecular weight excluding hydrogens is 284 g/mol. The third kappa shape index (κ3) is 11.2. The Bertz CT molecular complexity index is 270. The zero-order valence-electron chi connectivity index (χ0n) is 7.90. The van der Waals surface area contributed by atoms with Gasteiger partial charge in [0.2, 0.25) is 0 Å². The lowest BCUT2D eigenvalue weighted by molar-refractivity contribution is 0.261. The second-order valence-corrected chi connectivity index (χ2v) is 7.58. The summed E-state index contributed by atoms with van der Waals surface area (Å²) in [6.45, 7) is 2.01. The van der Waals surface area contributed by atoms with Crippen LogP contribution >= 0.6 is 37.4 Å². The van der Waals surface area contributed by atoms with Crippen molar-refractivity contribution in [3.05, 3.63) is 0 Å². The lowest BCUT2D eigenvalue weighted by Crippen LogP contribution is -1.87. The Morgan fingerprint density at radius 1 is 1.40 bits per heavy atom. The van der Waals surface area contributed by atoms with Gasteiger partial charge >= 0.3 is 15.6 Å². The monoisotopic (exact) mass is 297 g/mol. The van der Waals surface area contributed by atoms with Crippen LogP contribution in [0.2, 0.25) is 0 Å². The third-order valence-corrected chi connectivity index (χ3v) is 5.65. The summed E-state index contributed by atoms with van der Waals surface area (Å²) in [5.41, 5.74) is 0. The van der Waals surface area contributed by atoms with Gasteiger partial charge in [0.15, 0.2) is 0 Å². The molecule has 11 heteroatoms. The Labute approximate surface area is 95.9 Å². The van der Waals surface area contributed by atoms with Gasteiger partial charge in [0.05, 0.1) is 11.1 Å². The van der Waals surface area contributed by atoms with E-state index in [1.807, 2.05) is 6.92 Å². The first-order chi connectivity index (χ1) is 6.77. The maximum Gasteiger partial charge on any atom is 0.477 e. The van der Waals surface area contributed by atoms with E-state index in [4.69, 9.17) is 19.8 Å². The predicted octanol–water partition coefficient (Wildman–Crippen LogP) is 2.73. The number of hydrogen-bond donors (Lipinski definition) is 4. The molecule has 0 aliphatic heterocycles. The van der Waals surface area contributed by atoms with Crippen LogP contribution < -0.4 is 0 Å². The summed E-state index contributed by atoms with van der Waals surface area (Å²) >= 11 is 0.701. The van der Waals surface area contributed by atoms with Crippen molar-refractivity contribution in [3.8, 4) is 0 Å². The quantitative estimate of drug-likeness (QED) is 0.233. The van der Waals surface area contributed by atoms with Crippen LogP contribution in [-0.2, 0) is 12.8 Å². The molecule has 0 fully saturated rings. The average Bonchev–Trinajstić information content (AvgIpc) is 1.99. The Kier molecular flexibility index (Phi) is 7.79. The summed E-state index contributed by atoms with van der Waals surface area (Å²) < 4.78 is 18.5. The van der Waals surface area contributed by atoms with Crippen LogP contribution in [0.5, 0.6) is 0 Å². The van der Waals surface area contributed by atoms with Gasteiger partial charge in [-0.2, -0.15) is 0 Å². The zero-order chi connectivity index (χ0) is 11.9. The van der Waals surface area contributed by atoms with Gasteiger partial charge in [0, 0.05) is 5.75 Å². The van der Waals surface area contributed by atoms with Gasteiger partial charge in [0.1, 0.15) is 0 Å². The summed E-state index contributed by atoms with van der Waals surface area (Å²) in [5, 5.41) is 6.96. The minimum Gasteiger partial charge on any atom is -0.318 e. The molecule has 1 atom stereocenters. The average molecular weight is 297 g/mol. The number of nitrogens with one attached hydrogen (secondary N) is 1. The van der Waals surface area contributed by atoms with Gasteiger partial charge in [-0.3, -0.25) is 0 Å². The van der Waals surface area contributed by atoms with Gasteiger partial charge in [-0.15, -0.1) is 0 Å². The summed E-state index contributed by atoms with van der Waals surface area (Å²) in [6.07, 6.45) is 1.96. The summed E-state index contributed by atoms with van der Waals surface area (Å²) in [6, 6.07) is 0. The Balaban J connectivity index is 3.75. The number of phosphoric acid groups is 1. The van der Waals surface area contributed by atoms with Crippen molar-refractivity contribution in [3.63, 3.8) is 0 Å². The lowest BCUT2D eigenvalue weighted by atomic mass is 10.4. The fourth-order valence-corrected chi connectivity index (χ4v) is 4.63. The molecule has 4 N–H and O–H groups in total. The Hall–Kier alpha value is 0.960. The zero-order valence-corrected chi connectivity index (χ0v) is 11.3. The van der Waals surface area contributed by atoms with E-state index in [1.165, 1.54) is 10.8 Å². The first kappa shape index (κ1) is 16.0. The standard InChI is InChI=1S/C4H13NO6P2S2/c1-2-3-4-14-15-11-12(5,6)10-13(7,8)9/h2-4H2,1H3,(H2,5,6)(H2,7,8,9). The van der Waals surface area contributed by atoms with E-state index in [2.05, 4.69) is 8.28 Å². The maximum absolute atomic E-state index is 10.3. The molecule has 0 aromatic rings. The van der Waals surface area contributed by atoms with Crippen LogP contribution in [0.3, 0.4) is 0 Å². The maximum atomic E-state index is 10.3. The van der Waals surface area contributed by atoms with Crippen molar-refractivity contribution >= 4 is 37.4 Å². The second-order valence-electron chi connectivity index (χ2n) is 2.41. The molecule has 0 bridgehead atoms. The van der Waals surface area contributed by atoms with Crippen LogP contribution in [0, 0.1) is 5.16 Å². The molecule has 0 radical (unpaired) electrons. The highest BCUT2D eigenvalue weighted by Gasteiger charge is 2.28. The van der Waals surface area contributed by atoms with Crippen molar-refractivity contribution in [2.75, 3.05) is 5.75 Å². The SMILES string of the molecule is CCCCSSOP(=N)(O)OP(=O)(O)O. The van der Waals surface area contributed by atoms with Crippen LogP contribution in [0.15, 0.2) is 0 Å². The van der Waals surface area contributed by atoms with Crippen molar-refractivity contribution < 1.29 is 27.5 Å². The van der Waals surface area contributed by atoms with E-state index in [0.29, 0.717) is 11.1 Å². The number of hydrogen-bond acceptors (Lipinski definition) is 6. The van der Waals surface area contributed by atoms with E-state index in [1.54, 1.807) is 0 Å². The van der Waals surface area contributed by atoms with Crippen molar-refractivity contribution in [1.82, 2.24) is 0 Å². The van der Waals surface area contributed by atoms with E-state index in [9.17, 15) is 4.57 Å². The summed E-state index contributed by atoms with van der Waals surface area (Å²) in [7, 11) is -7.83. The smallest absolute Gasteiger partial charge is 0.318 e. The first-order valence-electron chi connectivity index (χ1n) is 3.88. The molecule has 0 rings (SSSR count). The summed E-state index contributed by atoms with van der Waals surface area (Å²) in [5.74, 6) is 0.761. The minimum absolute atomic E-state index is 0.701. The fourth-order valence-electron chi connectivity index (χ4n) is 0.458. The molecule has 0 heterocycles. The lowest BCUT2D eigenvalue weighted by Gasteiger charge is -2.13. The first-order valence-corrected chi connectivity index (χ1v) is 9.23.